The quantitative estimate of drug-likeness (QED) is 0.843. The first-order valence-corrected chi connectivity index (χ1v) is 6.39. The summed E-state index contributed by atoms with van der Waals surface area (Å²) < 4.78 is 0. The van der Waals surface area contributed by atoms with Crippen molar-refractivity contribution < 1.29 is 14.7 Å². The van der Waals surface area contributed by atoms with Crippen molar-refractivity contribution in [3.05, 3.63) is 23.9 Å². The van der Waals surface area contributed by atoms with E-state index in [1.54, 1.807) is 12.1 Å². The fourth-order valence-electron chi connectivity index (χ4n) is 2.77. The van der Waals surface area contributed by atoms with Gasteiger partial charge < -0.3 is 14.9 Å². The second-order valence-electron chi connectivity index (χ2n) is 4.94. The third kappa shape index (κ3) is 2.14. The maximum atomic E-state index is 11.6. The normalized spacial score (nSPS) is 22.5. The second-order valence-corrected chi connectivity index (χ2v) is 4.94. The number of hydrogen-bond acceptors (Lipinski definition) is 4. The number of carbonyl (C=O) groups excluding carboxylic acids is 1. The molecule has 0 aromatic carbocycles. The number of pyridine rings is 1. The van der Waals surface area contributed by atoms with Crippen LogP contribution in [-0.4, -0.2) is 52.5 Å². The molecule has 19 heavy (non-hydrogen) atoms. The van der Waals surface area contributed by atoms with Gasteiger partial charge in [0, 0.05) is 38.3 Å². The first-order chi connectivity index (χ1) is 9.15. The van der Waals surface area contributed by atoms with Crippen LogP contribution in [0.3, 0.4) is 0 Å². The van der Waals surface area contributed by atoms with Crippen LogP contribution >= 0.6 is 0 Å². The van der Waals surface area contributed by atoms with Crippen molar-refractivity contribution in [2.75, 3.05) is 24.5 Å². The largest absolute Gasteiger partial charge is 0.478 e. The molecule has 1 unspecified atom stereocenters. The Hall–Kier alpha value is -2.11. The minimum Gasteiger partial charge on any atom is -0.478 e. The van der Waals surface area contributed by atoms with E-state index in [1.807, 2.05) is 4.90 Å². The van der Waals surface area contributed by atoms with Gasteiger partial charge >= 0.3 is 5.97 Å². The van der Waals surface area contributed by atoms with E-state index in [4.69, 9.17) is 5.11 Å². The van der Waals surface area contributed by atoms with Crippen LogP contribution < -0.4 is 4.90 Å². The van der Waals surface area contributed by atoms with E-state index >= 15 is 0 Å². The lowest BCUT2D eigenvalue weighted by Gasteiger charge is -2.38. The van der Waals surface area contributed by atoms with Crippen molar-refractivity contribution in [2.24, 2.45) is 0 Å². The minimum absolute atomic E-state index is 0.193. The van der Waals surface area contributed by atoms with Crippen molar-refractivity contribution in [1.82, 2.24) is 9.88 Å². The number of hydrogen-bond donors (Lipinski definition) is 1. The standard InChI is InChI=1S/C13H15N3O3/c17-12-4-2-10-8-15(5-6-16(10)12)11-3-1-9(7-14-11)13(18)19/h1,3,7,10H,2,4-6,8H2,(H,18,19). The van der Waals surface area contributed by atoms with Crippen LogP contribution in [0.25, 0.3) is 0 Å². The summed E-state index contributed by atoms with van der Waals surface area (Å²) in [5.41, 5.74) is 0.193. The number of aromatic nitrogens is 1. The molecule has 0 saturated carbocycles. The fourth-order valence-corrected chi connectivity index (χ4v) is 2.77. The van der Waals surface area contributed by atoms with Crippen LogP contribution in [-0.2, 0) is 4.79 Å². The smallest absolute Gasteiger partial charge is 0.337 e. The highest BCUT2D eigenvalue weighted by atomic mass is 16.4. The molecule has 2 aliphatic rings. The predicted molar refractivity (Wildman–Crippen MR) is 68.1 cm³/mol. The van der Waals surface area contributed by atoms with E-state index in [2.05, 4.69) is 9.88 Å². The number of carbonyl (C=O) groups is 2. The van der Waals surface area contributed by atoms with Crippen LogP contribution in [0.5, 0.6) is 0 Å². The van der Waals surface area contributed by atoms with Crippen LogP contribution in [0.15, 0.2) is 18.3 Å². The molecule has 1 aromatic rings. The van der Waals surface area contributed by atoms with Crippen molar-refractivity contribution >= 4 is 17.7 Å². The molecule has 6 nitrogen and oxygen atoms in total. The second kappa shape index (κ2) is 4.53. The molecule has 100 valence electrons. The molecule has 3 rings (SSSR count). The highest BCUT2D eigenvalue weighted by molar-refractivity contribution is 5.87. The SMILES string of the molecule is O=C(O)c1ccc(N2CCN3C(=O)CCC3C2)nc1. The average Bonchev–Trinajstić information content (AvgIpc) is 2.80. The van der Waals surface area contributed by atoms with Gasteiger partial charge in [-0.3, -0.25) is 4.79 Å². The Kier molecular flexibility index (Phi) is 2.85. The summed E-state index contributed by atoms with van der Waals surface area (Å²) in [6, 6.07) is 3.58. The van der Waals surface area contributed by atoms with Gasteiger partial charge in [0.05, 0.1) is 5.56 Å². The molecule has 2 fully saturated rings. The Balaban J connectivity index is 1.73. The fraction of sp³-hybridized carbons (Fsp3) is 0.462. The third-order valence-corrected chi connectivity index (χ3v) is 3.81. The Bertz CT molecular complexity index is 514. The molecule has 2 aliphatic heterocycles. The van der Waals surface area contributed by atoms with Crippen LogP contribution in [0.4, 0.5) is 5.82 Å². The molecule has 0 spiro atoms. The average molecular weight is 261 g/mol. The van der Waals surface area contributed by atoms with E-state index in [0.717, 1.165) is 31.9 Å². The van der Waals surface area contributed by atoms with E-state index in [9.17, 15) is 9.59 Å². The monoisotopic (exact) mass is 261 g/mol. The first kappa shape index (κ1) is 12.0. The topological polar surface area (TPSA) is 73.7 Å². The molecule has 2 saturated heterocycles. The summed E-state index contributed by atoms with van der Waals surface area (Å²) in [5.74, 6) is 0.0630. The lowest BCUT2D eigenvalue weighted by atomic mass is 10.1. The molecule has 0 bridgehead atoms. The lowest BCUT2D eigenvalue weighted by Crippen LogP contribution is -2.51. The van der Waals surface area contributed by atoms with Gasteiger partial charge in [-0.05, 0) is 18.6 Å². The van der Waals surface area contributed by atoms with Gasteiger partial charge in [-0.15, -0.1) is 0 Å². The molecule has 1 aromatic heterocycles. The van der Waals surface area contributed by atoms with Crippen LogP contribution in [0.2, 0.25) is 0 Å². The van der Waals surface area contributed by atoms with Crippen LogP contribution in [0.1, 0.15) is 23.2 Å². The molecule has 3 heterocycles. The van der Waals surface area contributed by atoms with E-state index in [0.29, 0.717) is 6.42 Å². The van der Waals surface area contributed by atoms with Crippen molar-refractivity contribution in [3.8, 4) is 0 Å². The molecular weight excluding hydrogens is 246 g/mol. The number of carboxylic acids is 1. The maximum absolute atomic E-state index is 11.6. The summed E-state index contributed by atoms with van der Waals surface area (Å²) in [4.78, 5) is 30.6. The zero-order valence-corrected chi connectivity index (χ0v) is 10.5. The Morgan fingerprint density at radius 3 is 2.89 bits per heavy atom. The number of aromatic carboxylic acids is 1. The summed E-state index contributed by atoms with van der Waals surface area (Å²) >= 11 is 0. The molecule has 1 amide bonds. The number of fused-ring (bicyclic) bond motifs is 1. The summed E-state index contributed by atoms with van der Waals surface area (Å²) in [5, 5.41) is 8.84. The minimum atomic E-state index is -0.967. The molecule has 0 radical (unpaired) electrons. The third-order valence-electron chi connectivity index (χ3n) is 3.81. The van der Waals surface area contributed by atoms with Gasteiger partial charge in [-0.25, -0.2) is 9.78 Å². The van der Waals surface area contributed by atoms with Crippen molar-refractivity contribution in [2.45, 2.75) is 18.9 Å². The van der Waals surface area contributed by atoms with Crippen molar-refractivity contribution in [1.29, 1.82) is 0 Å². The van der Waals surface area contributed by atoms with Gasteiger partial charge in [-0.2, -0.15) is 0 Å². The summed E-state index contributed by atoms with van der Waals surface area (Å²) in [6.45, 7) is 2.26. The molecule has 0 aliphatic carbocycles. The highest BCUT2D eigenvalue weighted by Gasteiger charge is 2.35. The number of piperazine rings is 1. The van der Waals surface area contributed by atoms with E-state index < -0.39 is 5.97 Å². The molecule has 1 N–H and O–H groups in total. The predicted octanol–water partition coefficient (Wildman–Crippen LogP) is 0.591. The van der Waals surface area contributed by atoms with Crippen LogP contribution in [0, 0.1) is 0 Å². The number of carboxylic acid groups (broad SMARTS) is 1. The van der Waals surface area contributed by atoms with Crippen molar-refractivity contribution in [3.63, 3.8) is 0 Å². The Morgan fingerprint density at radius 2 is 2.21 bits per heavy atom. The lowest BCUT2D eigenvalue weighted by molar-refractivity contribution is -0.129. The zero-order valence-electron chi connectivity index (χ0n) is 10.5. The van der Waals surface area contributed by atoms with Gasteiger partial charge in [0.1, 0.15) is 5.82 Å². The van der Waals surface area contributed by atoms with E-state index in [-0.39, 0.29) is 17.5 Å². The Labute approximate surface area is 110 Å². The van der Waals surface area contributed by atoms with Gasteiger partial charge in [0.15, 0.2) is 0 Å². The molecular formula is C13H15N3O3. The first-order valence-electron chi connectivity index (χ1n) is 6.39. The number of anilines is 1. The molecule has 6 heteroatoms. The maximum Gasteiger partial charge on any atom is 0.337 e. The summed E-state index contributed by atoms with van der Waals surface area (Å²) in [7, 11) is 0. The van der Waals surface area contributed by atoms with Gasteiger partial charge in [-0.1, -0.05) is 0 Å². The van der Waals surface area contributed by atoms with Gasteiger partial charge in [0.25, 0.3) is 0 Å². The Morgan fingerprint density at radius 1 is 1.37 bits per heavy atom. The van der Waals surface area contributed by atoms with E-state index in [1.165, 1.54) is 6.20 Å². The highest BCUT2D eigenvalue weighted by Crippen LogP contribution is 2.25. The van der Waals surface area contributed by atoms with Gasteiger partial charge in [0.2, 0.25) is 5.91 Å². The summed E-state index contributed by atoms with van der Waals surface area (Å²) in [6.07, 6.45) is 2.93. The number of rotatable bonds is 2. The number of nitrogens with zero attached hydrogens (tertiary/aromatic N) is 3. The zero-order chi connectivity index (χ0) is 13.4. The molecule has 1 atom stereocenters. The number of amides is 1.